The van der Waals surface area contributed by atoms with E-state index >= 15 is 0 Å². The predicted molar refractivity (Wildman–Crippen MR) is 68.9 cm³/mol. The second kappa shape index (κ2) is 7.71. The van der Waals surface area contributed by atoms with Crippen LogP contribution in [0.15, 0.2) is 18.2 Å². The summed E-state index contributed by atoms with van der Waals surface area (Å²) in [6.07, 6.45) is 0.970. The van der Waals surface area contributed by atoms with Gasteiger partial charge < -0.3 is 14.8 Å². The van der Waals surface area contributed by atoms with Crippen molar-refractivity contribution in [3.05, 3.63) is 29.6 Å². The molecule has 1 aromatic rings. The molecule has 0 aliphatic rings. The number of rotatable bonds is 7. The lowest BCUT2D eigenvalue weighted by molar-refractivity contribution is 0.200. The van der Waals surface area contributed by atoms with Gasteiger partial charge in [0.2, 0.25) is 0 Å². The van der Waals surface area contributed by atoms with E-state index in [-0.39, 0.29) is 5.46 Å². The molecule has 0 bridgehead atoms. The van der Waals surface area contributed by atoms with Gasteiger partial charge in [0.25, 0.3) is 0 Å². The lowest BCUT2D eigenvalue weighted by Gasteiger charge is -2.06. The van der Waals surface area contributed by atoms with Crippen LogP contribution in [-0.2, 0) is 10.5 Å². The Balaban J connectivity index is 2.46. The van der Waals surface area contributed by atoms with E-state index in [1.165, 1.54) is 12.1 Å². The van der Waals surface area contributed by atoms with Crippen molar-refractivity contribution in [3.63, 3.8) is 0 Å². The van der Waals surface area contributed by atoms with E-state index in [1.807, 2.05) is 0 Å². The molecule has 1 rings (SSSR count). The predicted octanol–water partition coefficient (Wildman–Crippen LogP) is 0.775. The Labute approximate surface area is 105 Å². The normalized spacial score (nSPS) is 10.6. The summed E-state index contributed by atoms with van der Waals surface area (Å²) in [5.41, 5.74) is 0.817. The van der Waals surface area contributed by atoms with Crippen LogP contribution in [0.4, 0.5) is 4.39 Å². The molecule has 3 nitrogen and oxygen atoms in total. The van der Waals surface area contributed by atoms with E-state index in [2.05, 4.69) is 0 Å². The van der Waals surface area contributed by atoms with Crippen molar-refractivity contribution in [3.8, 4) is 0 Å². The van der Waals surface area contributed by atoms with E-state index in [0.717, 1.165) is 30.1 Å². The highest BCUT2D eigenvalue weighted by Crippen LogP contribution is 2.13. The standard InChI is InChI=1S/C11H16BFO3S/c1-16-5-2-6-17-8-9-3-4-11(13)10(7-9)12(14)15/h3-4,7,14-15H,2,5-6,8H2,1H3. The van der Waals surface area contributed by atoms with Gasteiger partial charge in [0.1, 0.15) is 5.82 Å². The van der Waals surface area contributed by atoms with Crippen LogP contribution in [0.2, 0.25) is 0 Å². The van der Waals surface area contributed by atoms with Crippen LogP contribution in [0.1, 0.15) is 12.0 Å². The number of methoxy groups -OCH3 is 1. The van der Waals surface area contributed by atoms with E-state index in [1.54, 1.807) is 24.9 Å². The molecule has 0 spiro atoms. The third kappa shape index (κ3) is 5.08. The molecule has 2 N–H and O–H groups in total. The first-order valence-electron chi connectivity index (χ1n) is 5.36. The summed E-state index contributed by atoms with van der Waals surface area (Å²) < 4.78 is 18.1. The molecule has 0 saturated heterocycles. The minimum atomic E-state index is -1.76. The van der Waals surface area contributed by atoms with Crippen molar-refractivity contribution in [2.24, 2.45) is 0 Å². The number of hydrogen-bond acceptors (Lipinski definition) is 4. The van der Waals surface area contributed by atoms with Crippen LogP contribution in [0, 0.1) is 5.82 Å². The fraction of sp³-hybridized carbons (Fsp3) is 0.455. The highest BCUT2D eigenvalue weighted by molar-refractivity contribution is 7.98. The summed E-state index contributed by atoms with van der Waals surface area (Å²) in [6.45, 7) is 0.733. The minimum Gasteiger partial charge on any atom is -0.423 e. The van der Waals surface area contributed by atoms with Gasteiger partial charge in [-0.05, 0) is 23.8 Å². The van der Waals surface area contributed by atoms with Crippen LogP contribution < -0.4 is 5.46 Å². The van der Waals surface area contributed by atoms with Crippen molar-refractivity contribution < 1.29 is 19.2 Å². The molecule has 0 radical (unpaired) electrons. The van der Waals surface area contributed by atoms with Gasteiger partial charge in [0.05, 0.1) is 0 Å². The zero-order chi connectivity index (χ0) is 12.7. The van der Waals surface area contributed by atoms with Gasteiger partial charge in [-0.1, -0.05) is 12.1 Å². The molecule has 1 aromatic carbocycles. The maximum atomic E-state index is 13.2. The summed E-state index contributed by atoms with van der Waals surface area (Å²) in [4.78, 5) is 0. The molecule has 0 heterocycles. The number of hydrogen-bond donors (Lipinski definition) is 2. The quantitative estimate of drug-likeness (QED) is 0.560. The molecule has 0 aliphatic heterocycles. The average molecular weight is 258 g/mol. The molecule has 0 aromatic heterocycles. The first-order chi connectivity index (χ1) is 8.15. The molecule has 0 atom stereocenters. The smallest absolute Gasteiger partial charge is 0.423 e. The molecule has 0 fully saturated rings. The molecule has 17 heavy (non-hydrogen) atoms. The highest BCUT2D eigenvalue weighted by atomic mass is 32.2. The molecule has 0 saturated carbocycles. The van der Waals surface area contributed by atoms with Crippen molar-refractivity contribution in [1.29, 1.82) is 0 Å². The average Bonchev–Trinajstić information content (AvgIpc) is 2.30. The van der Waals surface area contributed by atoms with E-state index in [9.17, 15) is 4.39 Å². The molecule has 94 valence electrons. The molecular formula is C11H16BFO3S. The zero-order valence-corrected chi connectivity index (χ0v) is 10.5. The Kier molecular flexibility index (Phi) is 6.58. The van der Waals surface area contributed by atoms with Crippen molar-refractivity contribution in [1.82, 2.24) is 0 Å². The maximum Gasteiger partial charge on any atom is 0.491 e. The number of thioether (sulfide) groups is 1. The van der Waals surface area contributed by atoms with Crippen LogP contribution >= 0.6 is 11.8 Å². The Bertz CT molecular complexity index is 349. The van der Waals surface area contributed by atoms with Crippen LogP contribution in [0.25, 0.3) is 0 Å². The van der Waals surface area contributed by atoms with Gasteiger partial charge in [-0.15, -0.1) is 0 Å². The van der Waals surface area contributed by atoms with Gasteiger partial charge in [-0.3, -0.25) is 0 Å². The van der Waals surface area contributed by atoms with Gasteiger partial charge in [-0.2, -0.15) is 11.8 Å². The van der Waals surface area contributed by atoms with E-state index < -0.39 is 12.9 Å². The van der Waals surface area contributed by atoms with Gasteiger partial charge in [0, 0.05) is 24.9 Å². The molecule has 0 unspecified atom stereocenters. The first kappa shape index (κ1) is 14.5. The molecule has 0 aliphatic carbocycles. The van der Waals surface area contributed by atoms with Crippen LogP contribution in [-0.4, -0.2) is 36.6 Å². The number of benzene rings is 1. The molecule has 6 heteroatoms. The third-order valence-corrected chi connectivity index (χ3v) is 3.36. The lowest BCUT2D eigenvalue weighted by Crippen LogP contribution is -2.33. The lowest BCUT2D eigenvalue weighted by atomic mass is 9.79. The highest BCUT2D eigenvalue weighted by Gasteiger charge is 2.16. The fourth-order valence-electron chi connectivity index (χ4n) is 1.38. The Hall–Kier alpha value is -0.555. The van der Waals surface area contributed by atoms with Crippen molar-refractivity contribution >= 4 is 24.3 Å². The van der Waals surface area contributed by atoms with Crippen molar-refractivity contribution in [2.75, 3.05) is 19.5 Å². The Morgan fingerprint density at radius 1 is 1.41 bits per heavy atom. The van der Waals surface area contributed by atoms with Crippen molar-refractivity contribution in [2.45, 2.75) is 12.2 Å². The van der Waals surface area contributed by atoms with E-state index in [0.29, 0.717) is 0 Å². The maximum absolute atomic E-state index is 13.2. The van der Waals surface area contributed by atoms with Gasteiger partial charge >= 0.3 is 7.12 Å². The third-order valence-electron chi connectivity index (χ3n) is 2.24. The SMILES string of the molecule is COCCCSCc1ccc(F)c(B(O)O)c1. The first-order valence-corrected chi connectivity index (χ1v) is 6.51. The number of ether oxygens (including phenoxy) is 1. The summed E-state index contributed by atoms with van der Waals surface area (Å²) in [6, 6.07) is 4.41. The summed E-state index contributed by atoms with van der Waals surface area (Å²) in [5.74, 6) is 1.10. The molecule has 0 amide bonds. The summed E-state index contributed by atoms with van der Waals surface area (Å²) in [5, 5.41) is 17.9. The van der Waals surface area contributed by atoms with E-state index in [4.69, 9.17) is 14.8 Å². The monoisotopic (exact) mass is 258 g/mol. The molecular weight excluding hydrogens is 242 g/mol. The Morgan fingerprint density at radius 3 is 2.82 bits per heavy atom. The van der Waals surface area contributed by atoms with Crippen LogP contribution in [0.3, 0.4) is 0 Å². The van der Waals surface area contributed by atoms with Crippen LogP contribution in [0.5, 0.6) is 0 Å². The topological polar surface area (TPSA) is 49.7 Å². The Morgan fingerprint density at radius 2 is 2.18 bits per heavy atom. The summed E-state index contributed by atoms with van der Waals surface area (Å²) in [7, 11) is -0.0898. The zero-order valence-electron chi connectivity index (χ0n) is 9.73. The summed E-state index contributed by atoms with van der Waals surface area (Å²) >= 11 is 1.71. The number of halogens is 1. The van der Waals surface area contributed by atoms with Gasteiger partial charge in [-0.25, -0.2) is 4.39 Å². The minimum absolute atomic E-state index is 0.0695. The second-order valence-electron chi connectivity index (χ2n) is 3.63. The van der Waals surface area contributed by atoms with Gasteiger partial charge in [0.15, 0.2) is 0 Å². The second-order valence-corrected chi connectivity index (χ2v) is 4.73. The largest absolute Gasteiger partial charge is 0.491 e. The fourth-order valence-corrected chi connectivity index (χ4v) is 2.26.